The van der Waals surface area contributed by atoms with Gasteiger partial charge in [-0.3, -0.25) is 0 Å². The van der Waals surface area contributed by atoms with Gasteiger partial charge >= 0.3 is 0 Å². The lowest BCUT2D eigenvalue weighted by atomic mass is 9.93. The van der Waals surface area contributed by atoms with Crippen molar-refractivity contribution in [3.05, 3.63) is 0 Å². The Morgan fingerprint density at radius 3 is 2.33 bits per heavy atom. The lowest BCUT2D eigenvalue weighted by Crippen LogP contribution is -2.46. The first-order valence-corrected chi connectivity index (χ1v) is 8.00. The third-order valence-electron chi connectivity index (χ3n) is 4.18. The van der Waals surface area contributed by atoms with Gasteiger partial charge in [0.2, 0.25) is 0 Å². The number of hydrogen-bond acceptors (Lipinski definition) is 2. The van der Waals surface area contributed by atoms with E-state index in [1.165, 1.54) is 44.9 Å². The van der Waals surface area contributed by atoms with Crippen LogP contribution < -0.4 is 5.32 Å². The highest BCUT2D eigenvalue weighted by Crippen LogP contribution is 2.25. The third kappa shape index (κ3) is 5.71. The van der Waals surface area contributed by atoms with Gasteiger partial charge in [-0.05, 0) is 46.1 Å². The summed E-state index contributed by atoms with van der Waals surface area (Å²) in [7, 11) is 0. The van der Waals surface area contributed by atoms with Crippen molar-refractivity contribution in [2.75, 3.05) is 6.54 Å². The average Bonchev–Trinajstić information content (AvgIpc) is 2.32. The molecule has 0 heterocycles. The molecule has 2 heteroatoms. The van der Waals surface area contributed by atoms with E-state index in [4.69, 9.17) is 4.74 Å². The molecule has 0 aromatic rings. The molecule has 1 aliphatic rings. The summed E-state index contributed by atoms with van der Waals surface area (Å²) in [5, 5.41) is 3.71. The van der Waals surface area contributed by atoms with Crippen LogP contribution in [0, 0.1) is 0 Å². The molecule has 0 aromatic heterocycles. The summed E-state index contributed by atoms with van der Waals surface area (Å²) in [6.07, 6.45) is 10.7. The van der Waals surface area contributed by atoms with Crippen molar-refractivity contribution in [2.45, 2.75) is 96.8 Å². The Kier molecular flexibility index (Phi) is 7.25. The van der Waals surface area contributed by atoms with Crippen LogP contribution in [0.4, 0.5) is 0 Å². The minimum atomic E-state index is 0.0238. The molecule has 18 heavy (non-hydrogen) atoms. The van der Waals surface area contributed by atoms with Crippen LogP contribution in [-0.2, 0) is 4.74 Å². The fourth-order valence-electron chi connectivity index (χ4n) is 2.65. The standard InChI is InChI=1S/C16H33NO/c1-5-13-17-14-11-9-7-8-10-12-15(14)18-16(3,4)6-2/h14-15,17H,5-13H2,1-4H3. The number of hydrogen-bond donors (Lipinski definition) is 1. The van der Waals surface area contributed by atoms with E-state index in [0.29, 0.717) is 12.1 Å². The topological polar surface area (TPSA) is 21.3 Å². The van der Waals surface area contributed by atoms with Gasteiger partial charge < -0.3 is 10.1 Å². The molecule has 0 aliphatic heterocycles. The molecule has 0 saturated heterocycles. The predicted molar refractivity (Wildman–Crippen MR) is 79.0 cm³/mol. The van der Waals surface area contributed by atoms with Crippen LogP contribution >= 0.6 is 0 Å². The normalized spacial score (nSPS) is 26.7. The molecule has 108 valence electrons. The minimum Gasteiger partial charge on any atom is -0.371 e. The Bertz CT molecular complexity index is 213. The van der Waals surface area contributed by atoms with Crippen molar-refractivity contribution in [1.29, 1.82) is 0 Å². The zero-order valence-corrected chi connectivity index (χ0v) is 12.9. The van der Waals surface area contributed by atoms with E-state index in [0.717, 1.165) is 13.0 Å². The maximum Gasteiger partial charge on any atom is 0.0735 e. The molecule has 1 fully saturated rings. The molecule has 1 aliphatic carbocycles. The molecule has 2 atom stereocenters. The van der Waals surface area contributed by atoms with E-state index in [-0.39, 0.29) is 5.60 Å². The van der Waals surface area contributed by atoms with Crippen LogP contribution in [0.2, 0.25) is 0 Å². The maximum absolute atomic E-state index is 6.41. The Labute approximate surface area is 114 Å². The molecule has 2 nitrogen and oxygen atoms in total. The highest BCUT2D eigenvalue weighted by molar-refractivity contribution is 4.82. The summed E-state index contributed by atoms with van der Waals surface area (Å²) < 4.78 is 6.41. The molecular formula is C16H33NO. The molecule has 1 rings (SSSR count). The second-order valence-corrected chi connectivity index (χ2v) is 6.32. The van der Waals surface area contributed by atoms with Crippen molar-refractivity contribution < 1.29 is 4.74 Å². The van der Waals surface area contributed by atoms with Crippen LogP contribution in [-0.4, -0.2) is 24.3 Å². The van der Waals surface area contributed by atoms with Gasteiger partial charge in [0.25, 0.3) is 0 Å². The van der Waals surface area contributed by atoms with Gasteiger partial charge in [-0.25, -0.2) is 0 Å². The van der Waals surface area contributed by atoms with E-state index in [1.54, 1.807) is 0 Å². The Morgan fingerprint density at radius 1 is 1.06 bits per heavy atom. The van der Waals surface area contributed by atoms with Crippen molar-refractivity contribution >= 4 is 0 Å². The maximum atomic E-state index is 6.41. The lowest BCUT2D eigenvalue weighted by molar-refractivity contribution is -0.0938. The Morgan fingerprint density at radius 2 is 1.72 bits per heavy atom. The molecule has 0 radical (unpaired) electrons. The van der Waals surface area contributed by atoms with Gasteiger partial charge in [-0.2, -0.15) is 0 Å². The van der Waals surface area contributed by atoms with Crippen LogP contribution in [0.1, 0.15) is 79.1 Å². The second-order valence-electron chi connectivity index (χ2n) is 6.32. The van der Waals surface area contributed by atoms with E-state index >= 15 is 0 Å². The fraction of sp³-hybridized carbons (Fsp3) is 1.00. The first kappa shape index (κ1) is 16.0. The summed E-state index contributed by atoms with van der Waals surface area (Å²) in [6.45, 7) is 10.0. The predicted octanol–water partition coefficient (Wildman–Crippen LogP) is 4.28. The van der Waals surface area contributed by atoms with Gasteiger partial charge in [0.15, 0.2) is 0 Å². The molecule has 0 amide bonds. The van der Waals surface area contributed by atoms with E-state index in [9.17, 15) is 0 Å². The zero-order chi connectivity index (χ0) is 13.4. The summed E-state index contributed by atoms with van der Waals surface area (Å²) >= 11 is 0. The monoisotopic (exact) mass is 255 g/mol. The fourth-order valence-corrected chi connectivity index (χ4v) is 2.65. The van der Waals surface area contributed by atoms with E-state index < -0.39 is 0 Å². The highest BCUT2D eigenvalue weighted by atomic mass is 16.5. The van der Waals surface area contributed by atoms with Gasteiger partial charge in [0, 0.05) is 6.04 Å². The lowest BCUT2D eigenvalue weighted by Gasteiger charge is -2.36. The molecule has 2 unspecified atom stereocenters. The molecule has 0 bridgehead atoms. The van der Waals surface area contributed by atoms with Crippen molar-refractivity contribution in [3.8, 4) is 0 Å². The van der Waals surface area contributed by atoms with Gasteiger partial charge in [-0.1, -0.05) is 39.5 Å². The van der Waals surface area contributed by atoms with Gasteiger partial charge in [0.05, 0.1) is 11.7 Å². The first-order valence-electron chi connectivity index (χ1n) is 8.00. The molecule has 1 N–H and O–H groups in total. The quantitative estimate of drug-likeness (QED) is 0.765. The Hall–Kier alpha value is -0.0800. The van der Waals surface area contributed by atoms with Crippen LogP contribution in [0.15, 0.2) is 0 Å². The van der Waals surface area contributed by atoms with Gasteiger partial charge in [-0.15, -0.1) is 0 Å². The number of rotatable bonds is 6. The highest BCUT2D eigenvalue weighted by Gasteiger charge is 2.28. The van der Waals surface area contributed by atoms with Crippen LogP contribution in [0.25, 0.3) is 0 Å². The van der Waals surface area contributed by atoms with Crippen molar-refractivity contribution in [3.63, 3.8) is 0 Å². The van der Waals surface area contributed by atoms with Crippen LogP contribution in [0.5, 0.6) is 0 Å². The number of ether oxygens (including phenoxy) is 1. The zero-order valence-electron chi connectivity index (χ0n) is 12.9. The average molecular weight is 255 g/mol. The summed E-state index contributed by atoms with van der Waals surface area (Å²) in [4.78, 5) is 0. The molecular weight excluding hydrogens is 222 g/mol. The summed E-state index contributed by atoms with van der Waals surface area (Å²) in [6, 6.07) is 0.566. The molecule has 0 aromatic carbocycles. The van der Waals surface area contributed by atoms with Crippen molar-refractivity contribution in [2.24, 2.45) is 0 Å². The van der Waals surface area contributed by atoms with E-state index in [2.05, 4.69) is 33.0 Å². The smallest absolute Gasteiger partial charge is 0.0735 e. The largest absolute Gasteiger partial charge is 0.371 e. The summed E-state index contributed by atoms with van der Waals surface area (Å²) in [5.41, 5.74) is 0.0238. The Balaban J connectivity index is 2.58. The van der Waals surface area contributed by atoms with Crippen LogP contribution in [0.3, 0.4) is 0 Å². The first-order chi connectivity index (χ1) is 8.59. The summed E-state index contributed by atoms with van der Waals surface area (Å²) in [5.74, 6) is 0. The van der Waals surface area contributed by atoms with E-state index in [1.807, 2.05) is 0 Å². The number of nitrogens with one attached hydrogen (secondary N) is 1. The van der Waals surface area contributed by atoms with Crippen molar-refractivity contribution in [1.82, 2.24) is 5.32 Å². The van der Waals surface area contributed by atoms with Gasteiger partial charge in [0.1, 0.15) is 0 Å². The minimum absolute atomic E-state index is 0.0238. The molecule has 0 spiro atoms. The second kappa shape index (κ2) is 8.16. The molecule has 1 saturated carbocycles. The third-order valence-corrected chi connectivity index (χ3v) is 4.18. The SMILES string of the molecule is CCCNC1CCCCCCC1OC(C)(C)CC.